The molecule has 0 saturated carbocycles. The van der Waals surface area contributed by atoms with E-state index < -0.39 is 0 Å². The Balaban J connectivity index is 1.44. The maximum atomic E-state index is 6.12. The molecule has 1 unspecified atom stereocenters. The van der Waals surface area contributed by atoms with E-state index in [4.69, 9.17) is 9.47 Å². The lowest BCUT2D eigenvalue weighted by atomic mass is 9.92. The predicted octanol–water partition coefficient (Wildman–Crippen LogP) is 2.35. The number of ether oxygens (including phenoxy) is 2. The van der Waals surface area contributed by atoms with Crippen LogP contribution in [-0.2, 0) is 11.3 Å². The SMILES string of the molecule is c1cncc(OC2C[C@H]3COC[C@@H](C2)N3Cc2nccs2)c1. The number of piperidine rings is 1. The zero-order chi connectivity index (χ0) is 14.8. The first-order valence-corrected chi connectivity index (χ1v) is 8.55. The quantitative estimate of drug-likeness (QED) is 0.866. The second kappa shape index (κ2) is 6.32. The van der Waals surface area contributed by atoms with Gasteiger partial charge in [-0.2, -0.15) is 0 Å². The molecule has 2 aromatic rings. The van der Waals surface area contributed by atoms with Crippen molar-refractivity contribution >= 4 is 11.3 Å². The summed E-state index contributed by atoms with van der Waals surface area (Å²) in [6, 6.07) is 4.72. The lowest BCUT2D eigenvalue weighted by molar-refractivity contribution is -0.104. The second-order valence-corrected chi connectivity index (χ2v) is 6.82. The first-order valence-electron chi connectivity index (χ1n) is 7.67. The van der Waals surface area contributed by atoms with Gasteiger partial charge in [0.05, 0.1) is 26.0 Å². The molecule has 116 valence electrons. The highest BCUT2D eigenvalue weighted by Gasteiger charge is 2.40. The van der Waals surface area contributed by atoms with E-state index in [-0.39, 0.29) is 6.10 Å². The average Bonchev–Trinajstić information content (AvgIpc) is 3.02. The summed E-state index contributed by atoms with van der Waals surface area (Å²) < 4.78 is 11.9. The zero-order valence-corrected chi connectivity index (χ0v) is 13.1. The van der Waals surface area contributed by atoms with Crippen LogP contribution in [0.25, 0.3) is 0 Å². The van der Waals surface area contributed by atoms with E-state index >= 15 is 0 Å². The van der Waals surface area contributed by atoms with Gasteiger partial charge in [-0.15, -0.1) is 11.3 Å². The number of pyridine rings is 1. The van der Waals surface area contributed by atoms with E-state index in [9.17, 15) is 0 Å². The number of morpholine rings is 1. The van der Waals surface area contributed by atoms with Gasteiger partial charge in [-0.3, -0.25) is 9.88 Å². The van der Waals surface area contributed by atoms with Crippen molar-refractivity contribution in [1.29, 1.82) is 0 Å². The Hall–Kier alpha value is -1.50. The lowest BCUT2D eigenvalue weighted by Crippen LogP contribution is -2.58. The molecular formula is C16H19N3O2S. The molecule has 2 aliphatic heterocycles. The molecule has 4 heterocycles. The maximum Gasteiger partial charge on any atom is 0.137 e. The molecule has 2 saturated heterocycles. The van der Waals surface area contributed by atoms with Crippen LogP contribution < -0.4 is 4.74 Å². The third-order valence-electron chi connectivity index (χ3n) is 4.37. The van der Waals surface area contributed by atoms with Crippen molar-refractivity contribution in [2.24, 2.45) is 0 Å². The van der Waals surface area contributed by atoms with Crippen molar-refractivity contribution in [3.8, 4) is 5.75 Å². The maximum absolute atomic E-state index is 6.12. The van der Waals surface area contributed by atoms with E-state index in [0.29, 0.717) is 12.1 Å². The number of hydrogen-bond acceptors (Lipinski definition) is 6. The highest BCUT2D eigenvalue weighted by Crippen LogP contribution is 2.31. The van der Waals surface area contributed by atoms with Gasteiger partial charge in [0.15, 0.2) is 0 Å². The standard InChI is InChI=1S/C16H19N3O2S/c1-2-14(8-17-3-1)21-15-6-12-10-20-11-13(7-15)19(12)9-16-18-4-5-22-16/h1-5,8,12-13,15H,6-7,9-11H2/t12-,13+,15?. The minimum Gasteiger partial charge on any atom is -0.489 e. The molecule has 0 radical (unpaired) electrons. The first-order chi connectivity index (χ1) is 10.9. The van der Waals surface area contributed by atoms with Gasteiger partial charge in [-0.1, -0.05) is 0 Å². The van der Waals surface area contributed by atoms with E-state index in [1.807, 2.05) is 23.7 Å². The molecule has 2 bridgehead atoms. The van der Waals surface area contributed by atoms with Crippen molar-refractivity contribution in [3.63, 3.8) is 0 Å². The molecule has 2 aliphatic rings. The Kier molecular flexibility index (Phi) is 4.05. The number of aromatic nitrogens is 2. The van der Waals surface area contributed by atoms with Crippen LogP contribution in [0.4, 0.5) is 0 Å². The molecule has 2 aromatic heterocycles. The number of hydrogen-bond donors (Lipinski definition) is 0. The van der Waals surface area contributed by atoms with Crippen molar-refractivity contribution in [2.45, 2.75) is 37.6 Å². The molecule has 0 aliphatic carbocycles. The molecular weight excluding hydrogens is 298 g/mol. The topological polar surface area (TPSA) is 47.5 Å². The van der Waals surface area contributed by atoms with Crippen LogP contribution in [0.2, 0.25) is 0 Å². The molecule has 0 amide bonds. The summed E-state index contributed by atoms with van der Waals surface area (Å²) >= 11 is 1.73. The van der Waals surface area contributed by atoms with E-state index in [2.05, 4.69) is 14.9 Å². The fraction of sp³-hybridized carbons (Fsp3) is 0.500. The fourth-order valence-corrected chi connectivity index (χ4v) is 4.01. The third kappa shape index (κ3) is 2.99. The first kappa shape index (κ1) is 14.1. The Labute approximate surface area is 133 Å². The van der Waals surface area contributed by atoms with Gasteiger partial charge in [0.25, 0.3) is 0 Å². The van der Waals surface area contributed by atoms with Crippen molar-refractivity contribution in [2.75, 3.05) is 13.2 Å². The summed E-state index contributed by atoms with van der Waals surface area (Å²) in [6.07, 6.45) is 7.67. The molecule has 0 N–H and O–H groups in total. The number of thiazole rings is 1. The van der Waals surface area contributed by atoms with Crippen LogP contribution in [0.3, 0.4) is 0 Å². The highest BCUT2D eigenvalue weighted by molar-refractivity contribution is 7.09. The molecule has 3 atom stereocenters. The molecule has 0 spiro atoms. The second-order valence-electron chi connectivity index (χ2n) is 5.84. The van der Waals surface area contributed by atoms with Crippen LogP contribution in [0, 0.1) is 0 Å². The van der Waals surface area contributed by atoms with Crippen LogP contribution in [-0.4, -0.2) is 46.3 Å². The van der Waals surface area contributed by atoms with Crippen molar-refractivity contribution < 1.29 is 9.47 Å². The monoisotopic (exact) mass is 317 g/mol. The van der Waals surface area contributed by atoms with Crippen molar-refractivity contribution in [3.05, 3.63) is 41.1 Å². The van der Waals surface area contributed by atoms with Gasteiger partial charge in [-0.25, -0.2) is 4.98 Å². The number of fused-ring (bicyclic) bond motifs is 2. The van der Waals surface area contributed by atoms with Crippen LogP contribution in [0.1, 0.15) is 17.8 Å². The number of rotatable bonds is 4. The van der Waals surface area contributed by atoms with Gasteiger partial charge in [0, 0.05) is 42.7 Å². The Morgan fingerprint density at radius 1 is 1.27 bits per heavy atom. The summed E-state index contributed by atoms with van der Waals surface area (Å²) in [4.78, 5) is 11.1. The van der Waals surface area contributed by atoms with Gasteiger partial charge >= 0.3 is 0 Å². The smallest absolute Gasteiger partial charge is 0.137 e. The molecule has 22 heavy (non-hydrogen) atoms. The fourth-order valence-electron chi connectivity index (χ4n) is 3.39. The Morgan fingerprint density at radius 2 is 2.14 bits per heavy atom. The number of nitrogens with zero attached hydrogens (tertiary/aromatic N) is 3. The Morgan fingerprint density at radius 3 is 2.82 bits per heavy atom. The summed E-state index contributed by atoms with van der Waals surface area (Å²) in [5.41, 5.74) is 0. The molecule has 6 heteroatoms. The third-order valence-corrected chi connectivity index (χ3v) is 5.13. The van der Waals surface area contributed by atoms with Gasteiger partial charge in [0.2, 0.25) is 0 Å². The Bertz CT molecular complexity index is 579. The van der Waals surface area contributed by atoms with Gasteiger partial charge < -0.3 is 9.47 Å². The lowest BCUT2D eigenvalue weighted by Gasteiger charge is -2.47. The molecule has 4 rings (SSSR count). The summed E-state index contributed by atoms with van der Waals surface area (Å²) in [5, 5.41) is 3.23. The zero-order valence-electron chi connectivity index (χ0n) is 12.3. The molecule has 2 fully saturated rings. The van der Waals surface area contributed by atoms with Crippen LogP contribution >= 0.6 is 11.3 Å². The normalized spacial score (nSPS) is 28.5. The summed E-state index contributed by atoms with van der Waals surface area (Å²) in [5.74, 6) is 0.861. The van der Waals surface area contributed by atoms with E-state index in [1.165, 1.54) is 5.01 Å². The minimum atomic E-state index is 0.246. The van der Waals surface area contributed by atoms with E-state index in [1.54, 1.807) is 23.7 Å². The van der Waals surface area contributed by atoms with Crippen molar-refractivity contribution in [1.82, 2.24) is 14.9 Å². The summed E-state index contributed by atoms with van der Waals surface area (Å²) in [7, 11) is 0. The van der Waals surface area contributed by atoms with Gasteiger partial charge in [-0.05, 0) is 12.1 Å². The molecule has 5 nitrogen and oxygen atoms in total. The average molecular weight is 317 g/mol. The highest BCUT2D eigenvalue weighted by atomic mass is 32.1. The predicted molar refractivity (Wildman–Crippen MR) is 83.9 cm³/mol. The van der Waals surface area contributed by atoms with E-state index in [0.717, 1.165) is 38.3 Å². The van der Waals surface area contributed by atoms with Crippen LogP contribution in [0.5, 0.6) is 5.75 Å². The summed E-state index contributed by atoms with van der Waals surface area (Å²) in [6.45, 7) is 2.50. The van der Waals surface area contributed by atoms with Gasteiger partial charge in [0.1, 0.15) is 16.9 Å². The molecule has 0 aromatic carbocycles. The minimum absolute atomic E-state index is 0.246. The van der Waals surface area contributed by atoms with Crippen LogP contribution in [0.15, 0.2) is 36.1 Å². The largest absolute Gasteiger partial charge is 0.489 e.